The average molecular weight is 702 g/mol. The lowest BCUT2D eigenvalue weighted by Crippen LogP contribution is -2.24. The molecule has 0 unspecified atom stereocenters. The van der Waals surface area contributed by atoms with Crippen LogP contribution in [0.4, 0.5) is 35.0 Å². The molecular weight excluding hydrogens is 679 g/mol. The fraction of sp³-hybridized carbons (Fsp3) is 0.333. The molecule has 2 aliphatic rings. The number of carbonyl (C=O) groups excluding carboxylic acids is 2. The molecule has 0 spiro atoms. The SMILES string of the molecule is CCOC(=O)c1cn([C@@H]2C[C@@H]2F)c2c(OC)c(F)c(F)cc2c1=O.COc1c(F)c(F)cc2c(=O)c(C(=O)OB(F)F)cn([C@@H]3C[C@@H]3F)c12. The first-order valence-electron chi connectivity index (χ1n) is 14.3. The standard InChI is InChI=1S/C16H14F3NO4.C14H9BF5NO4/c1-3-24-16(22)8-6-20(11-5-9(11)17)13-7(14(8)21)4-10(18)12(19)15(13)23-2;1-24-13-10(18)8(17)2-5-11(13)21(9-3-7(9)16)4-6(12(5)22)14(23)25-15(19)20/h4,6,9,11H,3,5H2,1-2H3;2,4,7,9H,3H2,1H3/t9-,11+;7-,9+/m00/s1. The van der Waals surface area contributed by atoms with Gasteiger partial charge in [0.25, 0.3) is 0 Å². The number of carbonyl (C=O) groups is 2. The van der Waals surface area contributed by atoms with E-state index < -0.39 is 100 Å². The number of alkyl halides is 2. The average Bonchev–Trinajstić information content (AvgIpc) is 3.97. The third kappa shape index (κ3) is 6.40. The third-order valence-corrected chi connectivity index (χ3v) is 7.73. The predicted octanol–water partition coefficient (Wildman–Crippen LogP) is 5.40. The number of aromatic nitrogens is 2. The first kappa shape index (κ1) is 35.2. The van der Waals surface area contributed by atoms with Gasteiger partial charge in [-0.1, -0.05) is 0 Å². The van der Waals surface area contributed by atoms with Crippen molar-refractivity contribution in [3.05, 3.63) is 79.4 Å². The molecule has 2 fully saturated rings. The van der Waals surface area contributed by atoms with Crippen LogP contribution in [-0.2, 0) is 9.39 Å². The van der Waals surface area contributed by atoms with Crippen molar-refractivity contribution in [2.75, 3.05) is 20.8 Å². The van der Waals surface area contributed by atoms with E-state index >= 15 is 0 Å². The number of ether oxygens (including phenoxy) is 3. The van der Waals surface area contributed by atoms with E-state index in [-0.39, 0.29) is 41.4 Å². The van der Waals surface area contributed by atoms with Crippen molar-refractivity contribution in [1.29, 1.82) is 0 Å². The van der Waals surface area contributed by atoms with Crippen LogP contribution in [0.5, 0.6) is 11.5 Å². The molecule has 49 heavy (non-hydrogen) atoms. The van der Waals surface area contributed by atoms with Crippen LogP contribution in [0.15, 0.2) is 34.1 Å². The molecule has 19 heteroatoms. The predicted molar refractivity (Wildman–Crippen MR) is 156 cm³/mol. The molecule has 0 radical (unpaired) electrons. The van der Waals surface area contributed by atoms with Gasteiger partial charge in [-0.05, 0) is 19.1 Å². The van der Waals surface area contributed by atoms with Gasteiger partial charge in [0.05, 0.1) is 54.7 Å². The first-order valence-corrected chi connectivity index (χ1v) is 14.3. The minimum atomic E-state index is -3.48. The van der Waals surface area contributed by atoms with Gasteiger partial charge in [0.1, 0.15) is 23.5 Å². The van der Waals surface area contributed by atoms with Crippen LogP contribution in [0.25, 0.3) is 21.8 Å². The Balaban J connectivity index is 0.000000191. The van der Waals surface area contributed by atoms with Crippen molar-refractivity contribution in [1.82, 2.24) is 9.13 Å². The molecule has 2 aromatic heterocycles. The molecular formula is C30H23BF8N2O8. The fourth-order valence-corrected chi connectivity index (χ4v) is 5.28. The van der Waals surface area contributed by atoms with Gasteiger partial charge < -0.3 is 28.0 Å². The summed E-state index contributed by atoms with van der Waals surface area (Å²) < 4.78 is 127. The van der Waals surface area contributed by atoms with Gasteiger partial charge in [0.15, 0.2) is 23.1 Å². The maximum Gasteiger partial charge on any atom is 0.798 e. The zero-order valence-corrected chi connectivity index (χ0v) is 25.5. The number of methoxy groups -OCH3 is 2. The summed E-state index contributed by atoms with van der Waals surface area (Å²) in [5.41, 5.74) is -3.56. The van der Waals surface area contributed by atoms with E-state index in [4.69, 9.17) is 14.2 Å². The van der Waals surface area contributed by atoms with Gasteiger partial charge in [-0.2, -0.15) is 8.78 Å². The van der Waals surface area contributed by atoms with Crippen molar-refractivity contribution < 1.29 is 63.4 Å². The Hall–Kier alpha value is -5.10. The van der Waals surface area contributed by atoms with E-state index in [1.165, 1.54) is 4.57 Å². The molecule has 4 aromatic rings. The highest BCUT2D eigenvalue weighted by Crippen LogP contribution is 2.44. The quantitative estimate of drug-likeness (QED) is 0.136. The minimum Gasteiger partial charge on any atom is -0.491 e. The Morgan fingerprint density at radius 1 is 0.776 bits per heavy atom. The monoisotopic (exact) mass is 702 g/mol. The largest absolute Gasteiger partial charge is 0.798 e. The van der Waals surface area contributed by atoms with Crippen molar-refractivity contribution in [2.45, 2.75) is 44.2 Å². The summed E-state index contributed by atoms with van der Waals surface area (Å²) in [5.74, 6) is -9.14. The van der Waals surface area contributed by atoms with E-state index in [0.29, 0.717) is 12.1 Å². The molecule has 0 amide bonds. The smallest absolute Gasteiger partial charge is 0.491 e. The van der Waals surface area contributed by atoms with E-state index in [1.807, 2.05) is 0 Å². The summed E-state index contributed by atoms with van der Waals surface area (Å²) in [6.45, 7) is 1.60. The lowest BCUT2D eigenvalue weighted by molar-refractivity contribution is 0.0523. The van der Waals surface area contributed by atoms with Gasteiger partial charge in [0, 0.05) is 25.2 Å². The molecule has 0 bridgehead atoms. The Kier molecular flexibility index (Phi) is 9.65. The lowest BCUT2D eigenvalue weighted by atomic mass is 10.1. The number of benzene rings is 2. The summed E-state index contributed by atoms with van der Waals surface area (Å²) in [7, 11) is -1.35. The number of pyridine rings is 2. The second-order valence-corrected chi connectivity index (χ2v) is 10.8. The highest BCUT2D eigenvalue weighted by molar-refractivity contribution is 6.38. The first-order chi connectivity index (χ1) is 23.2. The summed E-state index contributed by atoms with van der Waals surface area (Å²) in [4.78, 5) is 48.5. The third-order valence-electron chi connectivity index (χ3n) is 7.73. The lowest BCUT2D eigenvalue weighted by Gasteiger charge is -2.16. The Morgan fingerprint density at radius 3 is 1.49 bits per heavy atom. The number of halogens is 8. The minimum absolute atomic E-state index is 0.0105. The summed E-state index contributed by atoms with van der Waals surface area (Å²) in [6.07, 6.45) is -0.524. The molecule has 2 heterocycles. The number of fused-ring (bicyclic) bond motifs is 2. The number of hydrogen-bond acceptors (Lipinski definition) is 8. The summed E-state index contributed by atoms with van der Waals surface area (Å²) >= 11 is 0. The topological polar surface area (TPSA) is 115 Å². The Bertz CT molecular complexity index is 2120. The van der Waals surface area contributed by atoms with Crippen molar-refractivity contribution in [3.8, 4) is 11.5 Å². The molecule has 4 atom stereocenters. The molecule has 260 valence electrons. The van der Waals surface area contributed by atoms with E-state index in [0.717, 1.165) is 31.2 Å². The van der Waals surface area contributed by atoms with Gasteiger partial charge in [-0.15, -0.1) is 0 Å². The molecule has 6 rings (SSSR count). The van der Waals surface area contributed by atoms with Crippen molar-refractivity contribution in [2.24, 2.45) is 0 Å². The highest BCUT2D eigenvalue weighted by atomic mass is 19.2. The van der Waals surface area contributed by atoms with Crippen LogP contribution in [0.3, 0.4) is 0 Å². The maximum atomic E-state index is 14.0. The Morgan fingerprint density at radius 2 is 1.16 bits per heavy atom. The number of esters is 1. The van der Waals surface area contributed by atoms with Crippen LogP contribution in [-0.4, -0.2) is 61.7 Å². The molecule has 2 aromatic carbocycles. The van der Waals surface area contributed by atoms with E-state index in [1.54, 1.807) is 6.92 Å². The summed E-state index contributed by atoms with van der Waals surface area (Å²) in [5, 5.41) is -0.783. The van der Waals surface area contributed by atoms with Gasteiger partial charge in [-0.25, -0.2) is 35.8 Å². The second-order valence-electron chi connectivity index (χ2n) is 10.8. The van der Waals surface area contributed by atoms with Crippen LogP contribution in [0, 0.1) is 23.3 Å². The molecule has 0 aliphatic heterocycles. The van der Waals surface area contributed by atoms with E-state index in [2.05, 4.69) is 4.65 Å². The number of rotatable bonds is 8. The van der Waals surface area contributed by atoms with Gasteiger partial charge in [0.2, 0.25) is 22.5 Å². The molecule has 0 N–H and O–H groups in total. The van der Waals surface area contributed by atoms with Crippen molar-refractivity contribution >= 4 is 41.2 Å². The van der Waals surface area contributed by atoms with E-state index in [9.17, 15) is 54.2 Å². The molecule has 0 saturated heterocycles. The number of nitrogens with zero attached hydrogens (tertiary/aromatic N) is 2. The number of hydrogen-bond donors (Lipinski definition) is 0. The summed E-state index contributed by atoms with van der Waals surface area (Å²) in [6, 6.07) is -0.370. The van der Waals surface area contributed by atoms with Crippen molar-refractivity contribution in [3.63, 3.8) is 0 Å². The molecule has 10 nitrogen and oxygen atoms in total. The van der Waals surface area contributed by atoms with Crippen LogP contribution in [0.1, 0.15) is 52.6 Å². The molecule has 2 saturated carbocycles. The second kappa shape index (κ2) is 13.4. The zero-order chi connectivity index (χ0) is 36.1. The Labute approximate surface area is 269 Å². The fourth-order valence-electron chi connectivity index (χ4n) is 5.28. The van der Waals surface area contributed by atoms with Gasteiger partial charge >= 0.3 is 19.4 Å². The van der Waals surface area contributed by atoms with Crippen LogP contribution < -0.4 is 20.3 Å². The van der Waals surface area contributed by atoms with Crippen LogP contribution in [0.2, 0.25) is 0 Å². The molecule has 2 aliphatic carbocycles. The zero-order valence-electron chi connectivity index (χ0n) is 25.5. The van der Waals surface area contributed by atoms with Gasteiger partial charge in [-0.3, -0.25) is 9.59 Å². The maximum absolute atomic E-state index is 14.0. The van der Waals surface area contributed by atoms with Crippen LogP contribution >= 0.6 is 0 Å². The normalized spacial score (nSPS) is 19.2. The highest BCUT2D eigenvalue weighted by Gasteiger charge is 2.42.